The average Bonchev–Trinajstić information content (AvgIpc) is 3.01. The van der Waals surface area contributed by atoms with Crippen molar-refractivity contribution < 1.29 is 14.3 Å². The van der Waals surface area contributed by atoms with Crippen molar-refractivity contribution in [1.29, 1.82) is 0 Å². The second-order valence-corrected chi connectivity index (χ2v) is 6.30. The molecule has 0 radical (unpaired) electrons. The molecule has 0 atom stereocenters. The smallest absolute Gasteiger partial charge is 0.271 e. The largest absolute Gasteiger partial charge is 0.497 e. The lowest BCUT2D eigenvalue weighted by molar-refractivity contribution is 0.0954. The Hall–Kier alpha value is -3.54. The lowest BCUT2D eigenvalue weighted by atomic mass is 10.2. The molecule has 6 nitrogen and oxygen atoms in total. The first-order chi connectivity index (χ1) is 13.5. The van der Waals surface area contributed by atoms with Gasteiger partial charge in [-0.25, -0.2) is 5.43 Å². The molecule has 1 aromatic heterocycles. The summed E-state index contributed by atoms with van der Waals surface area (Å²) in [7, 11) is 3.08. The quantitative estimate of drug-likeness (QED) is 0.524. The van der Waals surface area contributed by atoms with Crippen molar-refractivity contribution in [3.63, 3.8) is 0 Å². The first-order valence-corrected chi connectivity index (χ1v) is 8.84. The highest BCUT2D eigenvalue weighted by Crippen LogP contribution is 2.22. The molecular weight excluding hydrogens is 354 g/mol. The molecule has 2 aromatic carbocycles. The third-order valence-electron chi connectivity index (χ3n) is 4.47. The van der Waals surface area contributed by atoms with Crippen LogP contribution in [0.2, 0.25) is 0 Å². The van der Waals surface area contributed by atoms with E-state index in [9.17, 15) is 4.79 Å². The van der Waals surface area contributed by atoms with Gasteiger partial charge < -0.3 is 14.0 Å². The number of rotatable bonds is 6. The van der Waals surface area contributed by atoms with Crippen molar-refractivity contribution in [2.24, 2.45) is 5.10 Å². The third kappa shape index (κ3) is 4.06. The lowest BCUT2D eigenvalue weighted by Crippen LogP contribution is -2.17. The number of para-hydroxylation sites is 1. The number of nitrogens with zero attached hydrogens (tertiary/aromatic N) is 2. The van der Waals surface area contributed by atoms with E-state index in [2.05, 4.69) is 27.2 Å². The second kappa shape index (κ2) is 8.43. The lowest BCUT2D eigenvalue weighted by Gasteiger charge is -2.09. The van der Waals surface area contributed by atoms with Crippen molar-refractivity contribution in [1.82, 2.24) is 9.99 Å². The van der Waals surface area contributed by atoms with E-state index < -0.39 is 0 Å². The minimum Gasteiger partial charge on any atom is -0.497 e. The Morgan fingerprint density at radius 3 is 2.25 bits per heavy atom. The van der Waals surface area contributed by atoms with E-state index in [-0.39, 0.29) is 5.91 Å². The van der Waals surface area contributed by atoms with Crippen molar-refractivity contribution in [3.8, 4) is 17.2 Å². The van der Waals surface area contributed by atoms with E-state index in [0.29, 0.717) is 17.1 Å². The summed E-state index contributed by atoms with van der Waals surface area (Å²) in [5.74, 6) is 0.741. The number of ether oxygens (including phenoxy) is 2. The normalized spacial score (nSPS) is 10.9. The fourth-order valence-electron chi connectivity index (χ4n) is 3.06. The van der Waals surface area contributed by atoms with Crippen LogP contribution in [0.5, 0.6) is 11.5 Å². The number of nitrogens with one attached hydrogen (secondary N) is 1. The molecule has 0 spiro atoms. The molecule has 0 aliphatic heterocycles. The highest BCUT2D eigenvalue weighted by Gasteiger charge is 2.11. The van der Waals surface area contributed by atoms with Crippen molar-refractivity contribution in [2.75, 3.05) is 14.2 Å². The van der Waals surface area contributed by atoms with Crippen LogP contribution in [0.15, 0.2) is 59.7 Å². The molecule has 0 saturated carbocycles. The van der Waals surface area contributed by atoms with Crippen molar-refractivity contribution >= 4 is 12.1 Å². The number of carbonyl (C=O) groups excluding carboxylic acids is 1. The topological polar surface area (TPSA) is 64.8 Å². The molecule has 3 aromatic rings. The zero-order chi connectivity index (χ0) is 20.1. The van der Waals surface area contributed by atoms with Crippen LogP contribution in [-0.2, 0) is 0 Å². The molecule has 0 aliphatic carbocycles. The van der Waals surface area contributed by atoms with Gasteiger partial charge in [0.15, 0.2) is 0 Å². The number of hydrogen-bond donors (Lipinski definition) is 1. The van der Waals surface area contributed by atoms with Crippen LogP contribution in [0, 0.1) is 13.8 Å². The number of amides is 1. The van der Waals surface area contributed by atoms with Crippen LogP contribution in [0.3, 0.4) is 0 Å². The van der Waals surface area contributed by atoms with Crippen molar-refractivity contribution in [2.45, 2.75) is 13.8 Å². The first kappa shape index (κ1) is 19.2. The molecule has 0 saturated heterocycles. The minimum absolute atomic E-state index is 0.342. The Morgan fingerprint density at radius 1 is 1.00 bits per heavy atom. The van der Waals surface area contributed by atoms with Gasteiger partial charge in [-0.05, 0) is 44.2 Å². The monoisotopic (exact) mass is 377 g/mol. The molecule has 0 unspecified atom stereocenters. The van der Waals surface area contributed by atoms with E-state index in [0.717, 1.165) is 22.6 Å². The van der Waals surface area contributed by atoms with Crippen LogP contribution >= 0.6 is 0 Å². The van der Waals surface area contributed by atoms with E-state index in [1.165, 1.54) is 14.2 Å². The number of aryl methyl sites for hydroxylation is 1. The average molecular weight is 377 g/mol. The first-order valence-electron chi connectivity index (χ1n) is 8.84. The Morgan fingerprint density at radius 2 is 1.64 bits per heavy atom. The number of hydrazone groups is 1. The summed E-state index contributed by atoms with van der Waals surface area (Å²) in [5.41, 5.74) is 7.12. The molecular formula is C22H23N3O3. The summed E-state index contributed by atoms with van der Waals surface area (Å²) in [6.45, 7) is 4.06. The Kier molecular flexibility index (Phi) is 5.79. The molecule has 28 heavy (non-hydrogen) atoms. The number of methoxy groups -OCH3 is 2. The Labute approximate surface area is 164 Å². The summed E-state index contributed by atoms with van der Waals surface area (Å²) < 4.78 is 12.5. The summed E-state index contributed by atoms with van der Waals surface area (Å²) in [4.78, 5) is 12.4. The van der Waals surface area contributed by atoms with Gasteiger partial charge >= 0.3 is 0 Å². The van der Waals surface area contributed by atoms with Gasteiger partial charge in [0.2, 0.25) is 0 Å². The molecule has 1 heterocycles. The van der Waals surface area contributed by atoms with Crippen LogP contribution in [0.25, 0.3) is 5.69 Å². The highest BCUT2D eigenvalue weighted by molar-refractivity contribution is 5.95. The summed E-state index contributed by atoms with van der Waals surface area (Å²) in [6, 6.07) is 17.1. The van der Waals surface area contributed by atoms with Gasteiger partial charge in [0.05, 0.1) is 20.4 Å². The fourth-order valence-corrected chi connectivity index (χ4v) is 3.06. The third-order valence-corrected chi connectivity index (χ3v) is 4.47. The minimum atomic E-state index is -0.342. The molecule has 0 aliphatic rings. The van der Waals surface area contributed by atoms with E-state index in [1.54, 1.807) is 24.4 Å². The molecule has 144 valence electrons. The Bertz CT molecular complexity index is 985. The van der Waals surface area contributed by atoms with E-state index in [1.807, 2.05) is 38.1 Å². The summed E-state index contributed by atoms with van der Waals surface area (Å²) >= 11 is 0. The highest BCUT2D eigenvalue weighted by atomic mass is 16.5. The molecule has 0 fully saturated rings. The fraction of sp³-hybridized carbons (Fsp3) is 0.182. The number of aromatic nitrogens is 1. The van der Waals surface area contributed by atoms with Crippen LogP contribution in [0.4, 0.5) is 0 Å². The van der Waals surface area contributed by atoms with Gasteiger partial charge in [-0.3, -0.25) is 4.79 Å². The van der Waals surface area contributed by atoms with Gasteiger partial charge in [-0.1, -0.05) is 18.2 Å². The standard InChI is InChI=1S/C22H23N3O3/c1-15-10-18(16(2)25(15)19-8-6-5-7-9-19)14-23-24-22(26)17-11-20(27-3)13-21(12-17)28-4/h5-14H,1-4H3,(H,24,26)/b23-14+. The van der Waals surface area contributed by atoms with Crippen molar-refractivity contribution in [3.05, 3.63) is 77.1 Å². The van der Waals surface area contributed by atoms with Gasteiger partial charge in [0, 0.05) is 34.3 Å². The van der Waals surface area contributed by atoms with E-state index >= 15 is 0 Å². The summed E-state index contributed by atoms with van der Waals surface area (Å²) in [6.07, 6.45) is 1.65. The number of hydrogen-bond acceptors (Lipinski definition) is 4. The predicted molar refractivity (Wildman–Crippen MR) is 110 cm³/mol. The zero-order valence-electron chi connectivity index (χ0n) is 16.4. The van der Waals surface area contributed by atoms with E-state index in [4.69, 9.17) is 9.47 Å². The molecule has 6 heteroatoms. The van der Waals surface area contributed by atoms with Gasteiger partial charge in [0.1, 0.15) is 11.5 Å². The number of carbonyl (C=O) groups is 1. The SMILES string of the molecule is COc1cc(OC)cc(C(=O)N/N=C/c2cc(C)n(-c3ccccc3)c2C)c1. The van der Waals surface area contributed by atoms with Gasteiger partial charge in [0.25, 0.3) is 5.91 Å². The molecule has 1 N–H and O–H groups in total. The maximum absolute atomic E-state index is 12.4. The Balaban J connectivity index is 1.78. The molecule has 0 bridgehead atoms. The van der Waals surface area contributed by atoms with Gasteiger partial charge in [-0.15, -0.1) is 0 Å². The van der Waals surface area contributed by atoms with Gasteiger partial charge in [-0.2, -0.15) is 5.10 Å². The van der Waals surface area contributed by atoms with Crippen LogP contribution < -0.4 is 14.9 Å². The predicted octanol–water partition coefficient (Wildman–Crippen LogP) is 3.88. The molecule has 1 amide bonds. The maximum Gasteiger partial charge on any atom is 0.271 e. The number of benzene rings is 2. The second-order valence-electron chi connectivity index (χ2n) is 6.30. The zero-order valence-corrected chi connectivity index (χ0v) is 16.4. The maximum atomic E-state index is 12.4. The van der Waals surface area contributed by atoms with Crippen LogP contribution in [-0.4, -0.2) is 30.9 Å². The van der Waals surface area contributed by atoms with Crippen LogP contribution in [0.1, 0.15) is 27.3 Å². The summed E-state index contributed by atoms with van der Waals surface area (Å²) in [5, 5.41) is 4.12. The molecule has 3 rings (SSSR count).